The molecule has 2 heterocycles. The van der Waals surface area contributed by atoms with Crippen LogP contribution in [0.2, 0.25) is 0 Å². The van der Waals surface area contributed by atoms with Crippen molar-refractivity contribution in [3.63, 3.8) is 0 Å². The standard InChI is InChI=1S/C17H24N2O2S/c1-2-16(20)18-8-5-9-19(11-10-18)17(21)14-12-22-15-7-4-3-6-13(14)15/h12H,2-11H2,1H3. The zero-order valence-electron chi connectivity index (χ0n) is 13.3. The van der Waals surface area contributed by atoms with Gasteiger partial charge in [-0.05, 0) is 37.7 Å². The number of aryl methyl sites for hydroxylation is 1. The van der Waals surface area contributed by atoms with Gasteiger partial charge in [0.2, 0.25) is 5.91 Å². The number of carbonyl (C=O) groups excluding carboxylic acids is 2. The van der Waals surface area contributed by atoms with Gasteiger partial charge in [0.15, 0.2) is 0 Å². The SMILES string of the molecule is CCC(=O)N1CCCN(C(=O)c2csc3c2CCCC3)CC1. The Kier molecular flexibility index (Phi) is 4.81. The summed E-state index contributed by atoms with van der Waals surface area (Å²) >= 11 is 1.75. The largest absolute Gasteiger partial charge is 0.341 e. The summed E-state index contributed by atoms with van der Waals surface area (Å²) in [6, 6.07) is 0. The molecule has 0 spiro atoms. The maximum Gasteiger partial charge on any atom is 0.255 e. The molecule has 2 aliphatic rings. The van der Waals surface area contributed by atoms with Gasteiger partial charge in [-0.1, -0.05) is 6.92 Å². The van der Waals surface area contributed by atoms with E-state index in [9.17, 15) is 9.59 Å². The maximum atomic E-state index is 12.9. The minimum absolute atomic E-state index is 0.171. The normalized spacial score (nSPS) is 18.8. The average Bonchev–Trinajstić information content (AvgIpc) is 2.82. The number of rotatable bonds is 2. The summed E-state index contributed by atoms with van der Waals surface area (Å²) in [4.78, 5) is 30.0. The van der Waals surface area contributed by atoms with Crippen LogP contribution in [0.25, 0.3) is 0 Å². The molecule has 4 nitrogen and oxygen atoms in total. The number of amides is 2. The van der Waals surface area contributed by atoms with Gasteiger partial charge in [-0.3, -0.25) is 9.59 Å². The zero-order valence-corrected chi connectivity index (χ0v) is 14.1. The summed E-state index contributed by atoms with van der Waals surface area (Å²) in [6.07, 6.45) is 6.05. The van der Waals surface area contributed by atoms with Crippen molar-refractivity contribution in [2.45, 2.75) is 45.4 Å². The highest BCUT2D eigenvalue weighted by molar-refractivity contribution is 7.10. The van der Waals surface area contributed by atoms with E-state index < -0.39 is 0 Å². The second-order valence-electron chi connectivity index (χ2n) is 6.14. The molecule has 0 N–H and O–H groups in total. The average molecular weight is 320 g/mol. The number of nitrogens with zero attached hydrogens (tertiary/aromatic N) is 2. The number of thiophene rings is 1. The van der Waals surface area contributed by atoms with Crippen LogP contribution >= 0.6 is 11.3 Å². The van der Waals surface area contributed by atoms with Gasteiger partial charge in [-0.15, -0.1) is 11.3 Å². The molecule has 0 atom stereocenters. The van der Waals surface area contributed by atoms with E-state index in [1.807, 2.05) is 16.7 Å². The molecule has 3 rings (SSSR count). The van der Waals surface area contributed by atoms with Gasteiger partial charge in [-0.25, -0.2) is 0 Å². The molecular formula is C17H24N2O2S. The first-order valence-corrected chi connectivity index (χ1v) is 9.25. The van der Waals surface area contributed by atoms with Gasteiger partial charge in [0.1, 0.15) is 0 Å². The monoisotopic (exact) mass is 320 g/mol. The molecule has 0 unspecified atom stereocenters. The third-order valence-electron chi connectivity index (χ3n) is 4.73. The maximum absolute atomic E-state index is 12.9. The first kappa shape index (κ1) is 15.5. The molecular weight excluding hydrogens is 296 g/mol. The number of hydrogen-bond acceptors (Lipinski definition) is 3. The van der Waals surface area contributed by atoms with Crippen LogP contribution in [-0.2, 0) is 17.6 Å². The van der Waals surface area contributed by atoms with Gasteiger partial charge >= 0.3 is 0 Å². The Balaban J connectivity index is 1.70. The van der Waals surface area contributed by atoms with Crippen molar-refractivity contribution in [3.05, 3.63) is 21.4 Å². The molecule has 0 radical (unpaired) electrons. The summed E-state index contributed by atoms with van der Waals surface area (Å²) in [5, 5.41) is 2.05. The first-order valence-electron chi connectivity index (χ1n) is 8.37. The molecule has 0 aromatic carbocycles. The lowest BCUT2D eigenvalue weighted by atomic mass is 9.95. The lowest BCUT2D eigenvalue weighted by molar-refractivity contribution is -0.130. The van der Waals surface area contributed by atoms with Gasteiger partial charge in [0.25, 0.3) is 5.91 Å². The second-order valence-corrected chi connectivity index (χ2v) is 7.10. The van der Waals surface area contributed by atoms with E-state index in [1.54, 1.807) is 11.3 Å². The molecule has 1 saturated heterocycles. The highest BCUT2D eigenvalue weighted by Gasteiger charge is 2.26. The van der Waals surface area contributed by atoms with Crippen LogP contribution in [0.15, 0.2) is 5.38 Å². The van der Waals surface area contributed by atoms with E-state index >= 15 is 0 Å². The Hall–Kier alpha value is -1.36. The fourth-order valence-corrected chi connectivity index (χ4v) is 4.56. The van der Waals surface area contributed by atoms with Gasteiger partial charge < -0.3 is 9.80 Å². The molecule has 1 aliphatic carbocycles. The van der Waals surface area contributed by atoms with Crippen LogP contribution in [0.4, 0.5) is 0 Å². The molecule has 0 bridgehead atoms. The van der Waals surface area contributed by atoms with Crippen molar-refractivity contribution in [1.29, 1.82) is 0 Å². The van der Waals surface area contributed by atoms with Gasteiger partial charge in [0, 0.05) is 42.9 Å². The Labute approximate surface area is 136 Å². The van der Waals surface area contributed by atoms with Gasteiger partial charge in [-0.2, -0.15) is 0 Å². The number of fused-ring (bicyclic) bond motifs is 1. The Bertz CT molecular complexity index is 567. The Morgan fingerprint density at radius 1 is 1.05 bits per heavy atom. The quantitative estimate of drug-likeness (QED) is 0.840. The van der Waals surface area contributed by atoms with Crippen LogP contribution in [-0.4, -0.2) is 47.8 Å². The highest BCUT2D eigenvalue weighted by atomic mass is 32.1. The molecule has 1 aliphatic heterocycles. The lowest BCUT2D eigenvalue weighted by Crippen LogP contribution is -2.37. The third-order valence-corrected chi connectivity index (χ3v) is 5.82. The van der Waals surface area contributed by atoms with Gasteiger partial charge in [0.05, 0.1) is 5.56 Å². The fraction of sp³-hybridized carbons (Fsp3) is 0.647. The molecule has 1 aromatic heterocycles. The molecule has 22 heavy (non-hydrogen) atoms. The topological polar surface area (TPSA) is 40.6 Å². The smallest absolute Gasteiger partial charge is 0.255 e. The van der Waals surface area contributed by atoms with Crippen LogP contribution < -0.4 is 0 Å². The summed E-state index contributed by atoms with van der Waals surface area (Å²) in [5.74, 6) is 0.368. The highest BCUT2D eigenvalue weighted by Crippen LogP contribution is 2.31. The third kappa shape index (κ3) is 3.05. The fourth-order valence-electron chi connectivity index (χ4n) is 3.44. The minimum atomic E-state index is 0.171. The Morgan fingerprint density at radius 2 is 1.77 bits per heavy atom. The van der Waals surface area contributed by atoms with Crippen molar-refractivity contribution >= 4 is 23.2 Å². The zero-order chi connectivity index (χ0) is 15.5. The molecule has 2 amide bonds. The van der Waals surface area contributed by atoms with Crippen LogP contribution in [0, 0.1) is 0 Å². The first-order chi connectivity index (χ1) is 10.7. The summed E-state index contributed by atoms with van der Waals surface area (Å²) in [7, 11) is 0. The van der Waals surface area contributed by atoms with Crippen LogP contribution in [0.1, 0.15) is 53.4 Å². The lowest BCUT2D eigenvalue weighted by Gasteiger charge is -2.22. The van der Waals surface area contributed by atoms with Crippen molar-refractivity contribution in [2.24, 2.45) is 0 Å². The van der Waals surface area contributed by atoms with E-state index in [0.29, 0.717) is 19.5 Å². The second kappa shape index (κ2) is 6.82. The molecule has 1 fully saturated rings. The van der Waals surface area contributed by atoms with E-state index in [0.717, 1.165) is 37.9 Å². The van der Waals surface area contributed by atoms with E-state index in [4.69, 9.17) is 0 Å². The molecule has 120 valence electrons. The predicted octanol–water partition coefficient (Wildman–Crippen LogP) is 2.71. The summed E-state index contributed by atoms with van der Waals surface area (Å²) < 4.78 is 0. The van der Waals surface area contributed by atoms with E-state index in [2.05, 4.69) is 5.38 Å². The summed E-state index contributed by atoms with van der Waals surface area (Å²) in [6.45, 7) is 4.77. The molecule has 1 aromatic rings. The van der Waals surface area contributed by atoms with E-state index in [1.165, 1.54) is 23.3 Å². The van der Waals surface area contributed by atoms with Crippen LogP contribution in [0.3, 0.4) is 0 Å². The molecule has 0 saturated carbocycles. The van der Waals surface area contributed by atoms with E-state index in [-0.39, 0.29) is 11.8 Å². The predicted molar refractivity (Wildman–Crippen MR) is 88.4 cm³/mol. The molecule has 5 heteroatoms. The minimum Gasteiger partial charge on any atom is -0.341 e. The van der Waals surface area contributed by atoms with Crippen LogP contribution in [0.5, 0.6) is 0 Å². The van der Waals surface area contributed by atoms with Crippen molar-refractivity contribution < 1.29 is 9.59 Å². The Morgan fingerprint density at radius 3 is 2.59 bits per heavy atom. The number of carbonyl (C=O) groups is 2. The van der Waals surface area contributed by atoms with Crippen molar-refractivity contribution in [2.75, 3.05) is 26.2 Å². The summed E-state index contributed by atoms with van der Waals surface area (Å²) in [5.41, 5.74) is 2.22. The van der Waals surface area contributed by atoms with Crippen molar-refractivity contribution in [1.82, 2.24) is 9.80 Å². The number of hydrogen-bond donors (Lipinski definition) is 0. The van der Waals surface area contributed by atoms with Crippen molar-refractivity contribution in [3.8, 4) is 0 Å².